The molecule has 2 amide bonds. The zero-order chi connectivity index (χ0) is 29.3. The minimum atomic E-state index is -3.82. The van der Waals surface area contributed by atoms with Crippen molar-refractivity contribution in [1.82, 2.24) is 10.2 Å². The fourth-order valence-corrected chi connectivity index (χ4v) is 5.36. The van der Waals surface area contributed by atoms with Gasteiger partial charge >= 0.3 is 0 Å². The first kappa shape index (κ1) is 31.2. The van der Waals surface area contributed by atoms with Gasteiger partial charge in [-0.15, -0.1) is 0 Å². The topological polar surface area (TPSA) is 86.8 Å². The molecule has 0 aliphatic rings. The van der Waals surface area contributed by atoms with Gasteiger partial charge in [0.1, 0.15) is 12.6 Å². The minimum absolute atomic E-state index is 0.0380. The summed E-state index contributed by atoms with van der Waals surface area (Å²) >= 11 is 6.48. The lowest BCUT2D eigenvalue weighted by molar-refractivity contribution is -0.140. The molecule has 0 spiro atoms. The molecule has 3 rings (SSSR count). The monoisotopic (exact) mass is 583 g/mol. The number of nitrogens with zero attached hydrogens (tertiary/aromatic N) is 2. The molecule has 0 radical (unpaired) electrons. The molecule has 214 valence electrons. The Morgan fingerprint density at radius 1 is 0.900 bits per heavy atom. The number of hydrogen-bond acceptors (Lipinski definition) is 4. The summed E-state index contributed by atoms with van der Waals surface area (Å²) in [7, 11) is -3.82. The Hall–Kier alpha value is -3.36. The summed E-state index contributed by atoms with van der Waals surface area (Å²) in [6, 6.07) is 22.7. The first-order valence-electron chi connectivity index (χ1n) is 13.5. The van der Waals surface area contributed by atoms with Crippen LogP contribution in [0.4, 0.5) is 5.69 Å². The Bertz CT molecular complexity index is 1380. The largest absolute Gasteiger partial charge is 0.352 e. The van der Waals surface area contributed by atoms with Gasteiger partial charge in [-0.2, -0.15) is 0 Å². The van der Waals surface area contributed by atoms with E-state index in [-0.39, 0.29) is 24.9 Å². The number of amides is 2. The van der Waals surface area contributed by atoms with Crippen LogP contribution in [0.2, 0.25) is 5.02 Å². The van der Waals surface area contributed by atoms with Gasteiger partial charge in [-0.3, -0.25) is 13.9 Å². The van der Waals surface area contributed by atoms with Crippen molar-refractivity contribution in [3.63, 3.8) is 0 Å². The second-order valence-corrected chi connectivity index (χ2v) is 12.2. The van der Waals surface area contributed by atoms with E-state index < -0.39 is 28.5 Å². The molecule has 0 unspecified atom stereocenters. The van der Waals surface area contributed by atoms with Crippen molar-refractivity contribution in [3.05, 3.63) is 101 Å². The molecule has 0 heterocycles. The van der Waals surface area contributed by atoms with Crippen LogP contribution < -0.4 is 9.62 Å². The lowest BCUT2D eigenvalue weighted by Gasteiger charge is -2.34. The van der Waals surface area contributed by atoms with Gasteiger partial charge in [0.2, 0.25) is 21.8 Å². The molecule has 1 N–H and O–H groups in total. The fraction of sp³-hybridized carbons (Fsp3) is 0.355. The van der Waals surface area contributed by atoms with Crippen molar-refractivity contribution in [1.29, 1.82) is 0 Å². The number of halogens is 1. The lowest BCUT2D eigenvalue weighted by atomic mass is 10.0. The number of hydrogen-bond donors (Lipinski definition) is 1. The molecule has 0 aromatic heterocycles. The molecule has 0 fully saturated rings. The Kier molecular flexibility index (Phi) is 11.2. The van der Waals surface area contributed by atoms with Crippen LogP contribution in [-0.2, 0) is 39.0 Å². The van der Waals surface area contributed by atoms with E-state index in [1.165, 1.54) is 4.90 Å². The van der Waals surface area contributed by atoms with Crippen molar-refractivity contribution in [3.8, 4) is 0 Å². The summed E-state index contributed by atoms with van der Waals surface area (Å²) in [5.74, 6) is -0.818. The Balaban J connectivity index is 2.06. The summed E-state index contributed by atoms with van der Waals surface area (Å²) in [4.78, 5) is 29.2. The third-order valence-corrected chi connectivity index (χ3v) is 8.39. The number of sulfonamides is 1. The molecule has 0 aliphatic carbocycles. The second kappa shape index (κ2) is 14.3. The molecule has 2 atom stereocenters. The second-order valence-electron chi connectivity index (χ2n) is 9.93. The summed E-state index contributed by atoms with van der Waals surface area (Å²) in [6.07, 6.45) is 2.85. The van der Waals surface area contributed by atoms with Crippen LogP contribution in [0, 0.1) is 0 Å². The molecule has 9 heteroatoms. The van der Waals surface area contributed by atoms with Crippen molar-refractivity contribution in [2.24, 2.45) is 0 Å². The van der Waals surface area contributed by atoms with Crippen LogP contribution in [0.5, 0.6) is 0 Å². The predicted octanol–water partition coefficient (Wildman–Crippen LogP) is 5.22. The van der Waals surface area contributed by atoms with E-state index in [2.05, 4.69) is 5.32 Å². The molecule has 40 heavy (non-hydrogen) atoms. The highest BCUT2D eigenvalue weighted by Crippen LogP contribution is 2.23. The van der Waals surface area contributed by atoms with E-state index in [1.54, 1.807) is 30.3 Å². The van der Waals surface area contributed by atoms with E-state index in [0.29, 0.717) is 16.3 Å². The molecule has 0 saturated carbocycles. The Morgan fingerprint density at radius 3 is 2.10 bits per heavy atom. The predicted molar refractivity (Wildman–Crippen MR) is 162 cm³/mol. The van der Waals surface area contributed by atoms with Gasteiger partial charge < -0.3 is 10.2 Å². The van der Waals surface area contributed by atoms with Gasteiger partial charge in [0, 0.05) is 24.0 Å². The SMILES string of the molecule is CCc1ccc(N(CC(=O)N(Cc2ccccc2Cl)[C@@H](Cc2ccccc2)C(=O)N[C@@H](C)CC)S(C)(=O)=O)cc1. The number of carbonyl (C=O) groups excluding carboxylic acids is 2. The standard InChI is InChI=1S/C31H38ClN3O4S/c1-5-23(3)33-31(37)29(20-25-12-8-7-9-13-25)34(21-26-14-10-11-15-28(26)32)30(36)22-35(40(4,38)39)27-18-16-24(6-2)17-19-27/h7-19,23,29H,5-6,20-22H2,1-4H3,(H,33,37)/t23-,29-/m0/s1. The van der Waals surface area contributed by atoms with E-state index in [0.717, 1.165) is 34.5 Å². The van der Waals surface area contributed by atoms with Crippen LogP contribution in [0.15, 0.2) is 78.9 Å². The van der Waals surface area contributed by atoms with E-state index in [4.69, 9.17) is 11.6 Å². The summed E-state index contributed by atoms with van der Waals surface area (Å²) in [5.41, 5.74) is 2.96. The highest BCUT2D eigenvalue weighted by atomic mass is 35.5. The number of aryl methyl sites for hydroxylation is 1. The number of carbonyl (C=O) groups is 2. The highest BCUT2D eigenvalue weighted by molar-refractivity contribution is 7.92. The molecule has 0 saturated heterocycles. The van der Waals surface area contributed by atoms with Crippen LogP contribution in [-0.4, -0.2) is 50.0 Å². The van der Waals surface area contributed by atoms with Crippen LogP contribution in [0.25, 0.3) is 0 Å². The molecular formula is C31H38ClN3O4S. The molecule has 3 aromatic carbocycles. The normalized spacial score (nSPS) is 12.8. The van der Waals surface area contributed by atoms with Gasteiger partial charge in [-0.25, -0.2) is 8.42 Å². The fourth-order valence-electron chi connectivity index (χ4n) is 4.32. The molecule has 0 aliphatic heterocycles. The van der Waals surface area contributed by atoms with Crippen molar-refractivity contribution < 1.29 is 18.0 Å². The average Bonchev–Trinajstić information content (AvgIpc) is 2.94. The van der Waals surface area contributed by atoms with Gasteiger partial charge in [0.25, 0.3) is 0 Å². The first-order chi connectivity index (χ1) is 19.0. The van der Waals surface area contributed by atoms with E-state index >= 15 is 0 Å². The number of anilines is 1. The lowest BCUT2D eigenvalue weighted by Crippen LogP contribution is -2.54. The summed E-state index contributed by atoms with van der Waals surface area (Å²) in [5, 5.41) is 3.47. The number of rotatable bonds is 13. The van der Waals surface area contributed by atoms with Crippen molar-refractivity contribution in [2.75, 3.05) is 17.1 Å². The zero-order valence-corrected chi connectivity index (χ0v) is 25.1. The summed E-state index contributed by atoms with van der Waals surface area (Å²) in [6.45, 7) is 5.46. The maximum atomic E-state index is 14.1. The third-order valence-electron chi connectivity index (χ3n) is 6.88. The van der Waals surface area contributed by atoms with E-state index in [1.807, 2.05) is 69.3 Å². The molecular weight excluding hydrogens is 546 g/mol. The van der Waals surface area contributed by atoms with Gasteiger partial charge in [-0.05, 0) is 54.7 Å². The number of benzene rings is 3. The van der Waals surface area contributed by atoms with E-state index in [9.17, 15) is 18.0 Å². The van der Waals surface area contributed by atoms with Crippen molar-refractivity contribution in [2.45, 2.75) is 58.7 Å². The molecule has 0 bridgehead atoms. The van der Waals surface area contributed by atoms with Gasteiger partial charge in [0.05, 0.1) is 11.9 Å². The zero-order valence-electron chi connectivity index (χ0n) is 23.5. The maximum absolute atomic E-state index is 14.1. The Morgan fingerprint density at radius 2 is 1.52 bits per heavy atom. The van der Waals surface area contributed by atoms with Gasteiger partial charge in [-0.1, -0.05) is 86.1 Å². The Labute approximate surface area is 243 Å². The van der Waals surface area contributed by atoms with Crippen LogP contribution >= 0.6 is 11.6 Å². The van der Waals surface area contributed by atoms with Crippen LogP contribution in [0.1, 0.15) is 43.9 Å². The minimum Gasteiger partial charge on any atom is -0.352 e. The van der Waals surface area contributed by atoms with Gasteiger partial charge in [0.15, 0.2) is 0 Å². The summed E-state index contributed by atoms with van der Waals surface area (Å²) < 4.78 is 26.9. The molecule has 3 aromatic rings. The quantitative estimate of drug-likeness (QED) is 0.299. The highest BCUT2D eigenvalue weighted by Gasteiger charge is 2.33. The average molecular weight is 584 g/mol. The third kappa shape index (κ3) is 8.57. The molecule has 7 nitrogen and oxygen atoms in total. The number of nitrogens with one attached hydrogen (secondary N) is 1. The van der Waals surface area contributed by atoms with Crippen molar-refractivity contribution >= 4 is 39.1 Å². The van der Waals surface area contributed by atoms with Crippen LogP contribution in [0.3, 0.4) is 0 Å². The smallest absolute Gasteiger partial charge is 0.244 e. The maximum Gasteiger partial charge on any atom is 0.244 e. The first-order valence-corrected chi connectivity index (χ1v) is 15.7.